The SMILES string of the molecule is COc1ccc(-c2nc3cccc(C)n3c2N)cc1OC. The molecule has 0 aliphatic rings. The molecule has 2 heterocycles. The third-order valence-corrected chi connectivity index (χ3v) is 3.53. The summed E-state index contributed by atoms with van der Waals surface area (Å²) in [5.74, 6) is 1.96. The highest BCUT2D eigenvalue weighted by molar-refractivity contribution is 5.76. The zero-order chi connectivity index (χ0) is 15.0. The summed E-state index contributed by atoms with van der Waals surface area (Å²) < 4.78 is 12.5. The molecule has 2 aromatic heterocycles. The van der Waals surface area contributed by atoms with Crippen molar-refractivity contribution in [3.05, 3.63) is 42.1 Å². The number of pyridine rings is 1. The number of nitrogens with zero attached hydrogens (tertiary/aromatic N) is 2. The Morgan fingerprint density at radius 3 is 2.48 bits per heavy atom. The van der Waals surface area contributed by atoms with Crippen molar-refractivity contribution in [1.29, 1.82) is 0 Å². The number of aromatic nitrogens is 2. The number of fused-ring (bicyclic) bond motifs is 1. The van der Waals surface area contributed by atoms with Gasteiger partial charge in [0.25, 0.3) is 0 Å². The molecule has 0 atom stereocenters. The molecule has 0 spiro atoms. The highest BCUT2D eigenvalue weighted by Crippen LogP contribution is 2.34. The van der Waals surface area contributed by atoms with Crippen LogP contribution in [0, 0.1) is 6.92 Å². The number of aryl methyl sites for hydroxylation is 1. The molecule has 0 bridgehead atoms. The average Bonchev–Trinajstić information content (AvgIpc) is 2.85. The molecule has 3 rings (SSSR count). The molecule has 0 fully saturated rings. The molecule has 0 saturated heterocycles. The number of anilines is 1. The number of imidazole rings is 1. The van der Waals surface area contributed by atoms with Crippen molar-refractivity contribution in [2.24, 2.45) is 0 Å². The van der Waals surface area contributed by atoms with Crippen LogP contribution in [-0.4, -0.2) is 23.6 Å². The molecular weight excluding hydrogens is 266 g/mol. The van der Waals surface area contributed by atoms with E-state index in [4.69, 9.17) is 15.2 Å². The van der Waals surface area contributed by atoms with Crippen LogP contribution in [0.15, 0.2) is 36.4 Å². The molecule has 0 unspecified atom stereocenters. The third-order valence-electron chi connectivity index (χ3n) is 3.53. The Bertz CT molecular complexity index is 809. The number of hydrogen-bond acceptors (Lipinski definition) is 4. The molecule has 0 radical (unpaired) electrons. The fourth-order valence-electron chi connectivity index (χ4n) is 2.48. The number of nitrogen functional groups attached to an aromatic ring is 1. The minimum Gasteiger partial charge on any atom is -0.493 e. The van der Waals surface area contributed by atoms with Gasteiger partial charge in [-0.05, 0) is 37.3 Å². The maximum absolute atomic E-state index is 6.26. The van der Waals surface area contributed by atoms with Crippen molar-refractivity contribution in [3.8, 4) is 22.8 Å². The van der Waals surface area contributed by atoms with Crippen molar-refractivity contribution < 1.29 is 9.47 Å². The van der Waals surface area contributed by atoms with Gasteiger partial charge in [0.05, 0.1) is 14.2 Å². The maximum atomic E-state index is 6.26. The van der Waals surface area contributed by atoms with Crippen LogP contribution >= 0.6 is 0 Å². The van der Waals surface area contributed by atoms with Crippen LogP contribution in [0.3, 0.4) is 0 Å². The Kier molecular flexibility index (Phi) is 3.17. The predicted molar refractivity (Wildman–Crippen MR) is 82.9 cm³/mol. The summed E-state index contributed by atoms with van der Waals surface area (Å²) in [5.41, 5.74) is 9.78. The van der Waals surface area contributed by atoms with Crippen LogP contribution in [0.4, 0.5) is 5.82 Å². The van der Waals surface area contributed by atoms with Gasteiger partial charge in [0.1, 0.15) is 17.2 Å². The van der Waals surface area contributed by atoms with Crippen LogP contribution in [0.2, 0.25) is 0 Å². The van der Waals surface area contributed by atoms with E-state index < -0.39 is 0 Å². The van der Waals surface area contributed by atoms with E-state index in [1.165, 1.54) is 0 Å². The van der Waals surface area contributed by atoms with Gasteiger partial charge in [-0.1, -0.05) is 6.07 Å². The molecule has 21 heavy (non-hydrogen) atoms. The van der Waals surface area contributed by atoms with Crippen LogP contribution in [0.25, 0.3) is 16.9 Å². The van der Waals surface area contributed by atoms with Gasteiger partial charge in [-0.25, -0.2) is 4.98 Å². The van der Waals surface area contributed by atoms with E-state index in [1.54, 1.807) is 14.2 Å². The topological polar surface area (TPSA) is 61.8 Å². The van der Waals surface area contributed by atoms with Crippen LogP contribution in [0.1, 0.15) is 5.69 Å². The van der Waals surface area contributed by atoms with Crippen LogP contribution in [0.5, 0.6) is 11.5 Å². The fraction of sp³-hybridized carbons (Fsp3) is 0.188. The summed E-state index contributed by atoms with van der Waals surface area (Å²) >= 11 is 0. The first-order valence-electron chi connectivity index (χ1n) is 6.61. The minimum absolute atomic E-state index is 0.621. The van der Waals surface area contributed by atoms with Gasteiger partial charge >= 0.3 is 0 Å². The molecule has 5 nitrogen and oxygen atoms in total. The van der Waals surface area contributed by atoms with Crippen molar-refractivity contribution in [3.63, 3.8) is 0 Å². The Balaban J connectivity index is 2.21. The first-order chi connectivity index (χ1) is 10.2. The fourth-order valence-corrected chi connectivity index (χ4v) is 2.48. The summed E-state index contributed by atoms with van der Waals surface area (Å²) in [6.07, 6.45) is 0. The van der Waals surface area contributed by atoms with Crippen molar-refractivity contribution >= 4 is 11.5 Å². The lowest BCUT2D eigenvalue weighted by atomic mass is 10.1. The standard InChI is InChI=1S/C16H17N3O2/c1-10-5-4-6-14-18-15(16(17)19(10)14)11-7-8-12(20-2)13(9-11)21-3/h4-9H,17H2,1-3H3. The Labute approximate surface area is 122 Å². The van der Waals surface area contributed by atoms with Crippen LogP contribution < -0.4 is 15.2 Å². The number of hydrogen-bond donors (Lipinski definition) is 1. The lowest BCUT2D eigenvalue weighted by Crippen LogP contribution is -1.97. The van der Waals surface area contributed by atoms with Crippen molar-refractivity contribution in [2.45, 2.75) is 6.92 Å². The molecule has 2 N–H and O–H groups in total. The molecular formula is C16H17N3O2. The second-order valence-electron chi connectivity index (χ2n) is 4.78. The third kappa shape index (κ3) is 2.07. The Morgan fingerprint density at radius 2 is 1.81 bits per heavy atom. The smallest absolute Gasteiger partial charge is 0.161 e. The summed E-state index contributed by atoms with van der Waals surface area (Å²) in [6.45, 7) is 2.00. The normalized spacial score (nSPS) is 10.8. The molecule has 5 heteroatoms. The largest absolute Gasteiger partial charge is 0.493 e. The quantitative estimate of drug-likeness (QED) is 0.803. The number of methoxy groups -OCH3 is 2. The highest BCUT2D eigenvalue weighted by atomic mass is 16.5. The highest BCUT2D eigenvalue weighted by Gasteiger charge is 2.14. The Morgan fingerprint density at radius 1 is 1.05 bits per heavy atom. The van der Waals surface area contributed by atoms with Gasteiger partial charge in [-0.2, -0.15) is 0 Å². The summed E-state index contributed by atoms with van der Waals surface area (Å²) in [4.78, 5) is 4.62. The molecule has 108 valence electrons. The zero-order valence-corrected chi connectivity index (χ0v) is 12.3. The lowest BCUT2D eigenvalue weighted by Gasteiger charge is -2.09. The number of rotatable bonds is 3. The van der Waals surface area contributed by atoms with E-state index in [9.17, 15) is 0 Å². The van der Waals surface area contributed by atoms with E-state index >= 15 is 0 Å². The van der Waals surface area contributed by atoms with E-state index in [2.05, 4.69) is 4.98 Å². The monoisotopic (exact) mass is 283 g/mol. The van der Waals surface area contributed by atoms with E-state index in [-0.39, 0.29) is 0 Å². The lowest BCUT2D eigenvalue weighted by molar-refractivity contribution is 0.355. The number of nitrogens with two attached hydrogens (primary N) is 1. The van der Waals surface area contributed by atoms with Gasteiger partial charge in [-0.3, -0.25) is 4.40 Å². The second-order valence-corrected chi connectivity index (χ2v) is 4.78. The average molecular weight is 283 g/mol. The first-order valence-corrected chi connectivity index (χ1v) is 6.61. The van der Waals surface area contributed by atoms with E-state index in [1.807, 2.05) is 47.7 Å². The van der Waals surface area contributed by atoms with Crippen LogP contribution in [-0.2, 0) is 0 Å². The summed E-state index contributed by atoms with van der Waals surface area (Å²) in [7, 11) is 3.22. The number of ether oxygens (including phenoxy) is 2. The first kappa shape index (κ1) is 13.3. The minimum atomic E-state index is 0.621. The van der Waals surface area contributed by atoms with E-state index in [0.29, 0.717) is 17.3 Å². The van der Waals surface area contributed by atoms with Crippen molar-refractivity contribution in [2.75, 3.05) is 20.0 Å². The number of benzene rings is 1. The molecule has 0 amide bonds. The van der Waals surface area contributed by atoms with Gasteiger partial charge < -0.3 is 15.2 Å². The van der Waals surface area contributed by atoms with E-state index in [0.717, 1.165) is 22.6 Å². The maximum Gasteiger partial charge on any atom is 0.161 e. The van der Waals surface area contributed by atoms with Gasteiger partial charge in [-0.15, -0.1) is 0 Å². The molecule has 0 saturated carbocycles. The second kappa shape index (κ2) is 5.01. The van der Waals surface area contributed by atoms with Gasteiger partial charge in [0, 0.05) is 11.3 Å². The molecule has 1 aromatic carbocycles. The summed E-state index contributed by atoms with van der Waals surface area (Å²) in [6, 6.07) is 11.6. The summed E-state index contributed by atoms with van der Waals surface area (Å²) in [5, 5.41) is 0. The Hall–Kier alpha value is -2.69. The zero-order valence-electron chi connectivity index (χ0n) is 12.3. The van der Waals surface area contributed by atoms with Gasteiger partial charge in [0.2, 0.25) is 0 Å². The van der Waals surface area contributed by atoms with Crippen molar-refractivity contribution in [1.82, 2.24) is 9.38 Å². The molecule has 3 aromatic rings. The predicted octanol–water partition coefficient (Wildman–Crippen LogP) is 2.91. The van der Waals surface area contributed by atoms with Gasteiger partial charge in [0.15, 0.2) is 11.5 Å². The molecule has 0 aliphatic heterocycles. The molecule has 0 aliphatic carbocycles.